The number of nitrogens with zero attached hydrogens (tertiary/aromatic N) is 1. The molecule has 0 N–H and O–H groups in total. The van der Waals surface area contributed by atoms with Gasteiger partial charge >= 0.3 is 0 Å². The molecule has 0 unspecified atom stereocenters. The van der Waals surface area contributed by atoms with Crippen LogP contribution >= 0.6 is 22.6 Å². The summed E-state index contributed by atoms with van der Waals surface area (Å²) in [5.41, 5.74) is 1.18. The normalized spacial score (nSPS) is 19.9. The number of hydrogen-bond donors (Lipinski definition) is 0. The SMILES string of the molecule is O=C1c2cccc(I)c2C(=O)N1CC1CCCCC1. The second kappa shape index (κ2) is 5.23. The number of benzene rings is 1. The topological polar surface area (TPSA) is 37.4 Å². The first-order valence-electron chi connectivity index (χ1n) is 6.83. The van der Waals surface area contributed by atoms with Crippen molar-refractivity contribution in [3.05, 3.63) is 32.9 Å². The van der Waals surface area contributed by atoms with Crippen LogP contribution in [-0.4, -0.2) is 23.3 Å². The zero-order valence-corrected chi connectivity index (χ0v) is 12.9. The molecule has 1 saturated carbocycles. The third-order valence-electron chi connectivity index (χ3n) is 4.11. The van der Waals surface area contributed by atoms with Crippen molar-refractivity contribution in [2.24, 2.45) is 5.92 Å². The van der Waals surface area contributed by atoms with Gasteiger partial charge in [-0.25, -0.2) is 0 Å². The zero-order valence-electron chi connectivity index (χ0n) is 10.7. The lowest BCUT2D eigenvalue weighted by Gasteiger charge is -2.25. The number of amides is 2. The summed E-state index contributed by atoms with van der Waals surface area (Å²) >= 11 is 2.13. The lowest BCUT2D eigenvalue weighted by Crippen LogP contribution is -2.35. The van der Waals surface area contributed by atoms with Gasteiger partial charge in [0.05, 0.1) is 11.1 Å². The number of halogens is 1. The van der Waals surface area contributed by atoms with Crippen molar-refractivity contribution in [1.29, 1.82) is 0 Å². The van der Waals surface area contributed by atoms with E-state index < -0.39 is 0 Å². The second-order valence-electron chi connectivity index (χ2n) is 5.39. The molecular formula is C15H16INO2. The number of hydrogen-bond acceptors (Lipinski definition) is 2. The minimum absolute atomic E-state index is 0.101. The number of imide groups is 1. The van der Waals surface area contributed by atoms with Gasteiger partial charge in [-0.3, -0.25) is 14.5 Å². The minimum Gasteiger partial charge on any atom is -0.274 e. The fourth-order valence-corrected chi connectivity index (χ4v) is 3.81. The van der Waals surface area contributed by atoms with E-state index in [9.17, 15) is 9.59 Å². The van der Waals surface area contributed by atoms with Crippen molar-refractivity contribution < 1.29 is 9.59 Å². The van der Waals surface area contributed by atoms with Gasteiger partial charge in [-0.2, -0.15) is 0 Å². The Bertz CT molecular complexity index is 535. The molecule has 0 atom stereocenters. The molecule has 0 spiro atoms. The average molecular weight is 369 g/mol. The molecular weight excluding hydrogens is 353 g/mol. The lowest BCUT2D eigenvalue weighted by molar-refractivity contribution is 0.0616. The van der Waals surface area contributed by atoms with Crippen LogP contribution in [0.15, 0.2) is 18.2 Å². The third-order valence-corrected chi connectivity index (χ3v) is 5.01. The van der Waals surface area contributed by atoms with Crippen LogP contribution in [0.2, 0.25) is 0 Å². The molecule has 0 bridgehead atoms. The van der Waals surface area contributed by atoms with Gasteiger partial charge in [-0.15, -0.1) is 0 Å². The highest BCUT2D eigenvalue weighted by atomic mass is 127. The zero-order chi connectivity index (χ0) is 13.4. The van der Waals surface area contributed by atoms with Crippen LogP contribution in [-0.2, 0) is 0 Å². The summed E-state index contributed by atoms with van der Waals surface area (Å²) in [7, 11) is 0. The predicted molar refractivity (Wildman–Crippen MR) is 81.1 cm³/mol. The van der Waals surface area contributed by atoms with Gasteiger partial charge < -0.3 is 0 Å². The molecule has 0 saturated heterocycles. The van der Waals surface area contributed by atoms with E-state index in [0.717, 1.165) is 16.4 Å². The van der Waals surface area contributed by atoms with Crippen LogP contribution in [0.5, 0.6) is 0 Å². The lowest BCUT2D eigenvalue weighted by atomic mass is 9.89. The Hall–Kier alpha value is -0.910. The van der Waals surface area contributed by atoms with Gasteiger partial charge in [-0.1, -0.05) is 25.3 Å². The summed E-state index contributed by atoms with van der Waals surface area (Å²) in [4.78, 5) is 26.2. The monoisotopic (exact) mass is 369 g/mol. The van der Waals surface area contributed by atoms with Crippen LogP contribution in [0.25, 0.3) is 0 Å². The van der Waals surface area contributed by atoms with Crippen molar-refractivity contribution in [3.63, 3.8) is 0 Å². The summed E-state index contributed by atoms with van der Waals surface area (Å²) in [6.07, 6.45) is 6.03. The third kappa shape index (κ3) is 2.30. The largest absolute Gasteiger partial charge is 0.274 e. The highest BCUT2D eigenvalue weighted by Gasteiger charge is 2.37. The Morgan fingerprint density at radius 1 is 1.11 bits per heavy atom. The molecule has 19 heavy (non-hydrogen) atoms. The van der Waals surface area contributed by atoms with E-state index in [2.05, 4.69) is 22.6 Å². The van der Waals surface area contributed by atoms with E-state index >= 15 is 0 Å². The molecule has 3 nitrogen and oxygen atoms in total. The summed E-state index contributed by atoms with van der Waals surface area (Å²) < 4.78 is 0.875. The van der Waals surface area contributed by atoms with Crippen LogP contribution in [0.4, 0.5) is 0 Å². The van der Waals surface area contributed by atoms with E-state index in [0.29, 0.717) is 23.6 Å². The van der Waals surface area contributed by atoms with E-state index in [1.165, 1.54) is 24.2 Å². The minimum atomic E-state index is -0.107. The molecule has 0 aromatic heterocycles. The maximum absolute atomic E-state index is 12.4. The summed E-state index contributed by atoms with van der Waals surface area (Å²) in [6, 6.07) is 5.49. The number of rotatable bonds is 2. The first kappa shape index (κ1) is 13.1. The molecule has 3 rings (SSSR count). The van der Waals surface area contributed by atoms with Gasteiger partial charge in [0, 0.05) is 10.1 Å². The number of fused-ring (bicyclic) bond motifs is 1. The van der Waals surface area contributed by atoms with Crippen molar-refractivity contribution >= 4 is 34.4 Å². The van der Waals surface area contributed by atoms with Gasteiger partial charge in [0.1, 0.15) is 0 Å². The molecule has 1 aromatic rings. The maximum Gasteiger partial charge on any atom is 0.262 e. The van der Waals surface area contributed by atoms with Crippen molar-refractivity contribution in [2.75, 3.05) is 6.54 Å². The molecule has 0 radical (unpaired) electrons. The van der Waals surface area contributed by atoms with Gasteiger partial charge in [0.2, 0.25) is 0 Å². The highest BCUT2D eigenvalue weighted by Crippen LogP contribution is 2.30. The molecule has 100 valence electrons. The van der Waals surface area contributed by atoms with Crippen LogP contribution < -0.4 is 0 Å². The van der Waals surface area contributed by atoms with Gasteiger partial charge in [0.15, 0.2) is 0 Å². The van der Waals surface area contributed by atoms with Crippen LogP contribution in [0.1, 0.15) is 52.8 Å². The molecule has 1 aliphatic heterocycles. The Morgan fingerprint density at radius 3 is 2.53 bits per heavy atom. The molecule has 4 heteroatoms. The van der Waals surface area contributed by atoms with Crippen molar-refractivity contribution in [2.45, 2.75) is 32.1 Å². The molecule has 2 amide bonds. The summed E-state index contributed by atoms with van der Waals surface area (Å²) in [5, 5.41) is 0. The van der Waals surface area contributed by atoms with E-state index in [1.807, 2.05) is 12.1 Å². The maximum atomic E-state index is 12.4. The van der Waals surface area contributed by atoms with Crippen molar-refractivity contribution in [3.8, 4) is 0 Å². The molecule has 1 fully saturated rings. The molecule has 1 aromatic carbocycles. The predicted octanol–water partition coefficient (Wildman–Crippen LogP) is 3.47. The fraction of sp³-hybridized carbons (Fsp3) is 0.467. The van der Waals surface area contributed by atoms with E-state index in [1.54, 1.807) is 6.07 Å². The second-order valence-corrected chi connectivity index (χ2v) is 6.55. The van der Waals surface area contributed by atoms with Crippen LogP contribution in [0, 0.1) is 9.49 Å². The van der Waals surface area contributed by atoms with Gasteiger partial charge in [0.25, 0.3) is 11.8 Å². The highest BCUT2D eigenvalue weighted by molar-refractivity contribution is 14.1. The standard InChI is InChI=1S/C15H16INO2/c16-12-8-4-7-11-13(12)15(19)17(14(11)18)9-10-5-2-1-3-6-10/h4,7-8,10H,1-3,5-6,9H2. The Balaban J connectivity index is 1.84. The smallest absolute Gasteiger partial charge is 0.262 e. The number of carbonyl (C=O) groups is 2. The average Bonchev–Trinajstić information content (AvgIpc) is 2.66. The quantitative estimate of drug-likeness (QED) is 0.592. The van der Waals surface area contributed by atoms with E-state index in [-0.39, 0.29) is 11.8 Å². The Kier molecular flexibility index (Phi) is 3.60. The molecule has 2 aliphatic rings. The summed E-state index contributed by atoms with van der Waals surface area (Å²) in [5.74, 6) is 0.285. The molecule has 1 aliphatic carbocycles. The van der Waals surface area contributed by atoms with E-state index in [4.69, 9.17) is 0 Å². The first-order valence-corrected chi connectivity index (χ1v) is 7.91. The summed E-state index contributed by atoms with van der Waals surface area (Å²) in [6.45, 7) is 0.600. The Labute approximate surface area is 126 Å². The van der Waals surface area contributed by atoms with Gasteiger partial charge in [-0.05, 0) is 53.5 Å². The van der Waals surface area contributed by atoms with Crippen molar-refractivity contribution in [1.82, 2.24) is 4.90 Å². The first-order chi connectivity index (χ1) is 9.18. The molecule has 1 heterocycles. The number of carbonyl (C=O) groups excluding carboxylic acids is 2. The fourth-order valence-electron chi connectivity index (χ4n) is 3.09. The van der Waals surface area contributed by atoms with Crippen LogP contribution in [0.3, 0.4) is 0 Å². The Morgan fingerprint density at radius 2 is 1.84 bits per heavy atom.